The lowest BCUT2D eigenvalue weighted by atomic mass is 10.1. The van der Waals surface area contributed by atoms with Crippen molar-refractivity contribution in [1.82, 2.24) is 29.9 Å². The van der Waals surface area contributed by atoms with Crippen molar-refractivity contribution >= 4 is 11.5 Å². The quantitative estimate of drug-likeness (QED) is 0.700. The lowest BCUT2D eigenvalue weighted by molar-refractivity contribution is 0.195. The van der Waals surface area contributed by atoms with Crippen LogP contribution >= 0.6 is 0 Å². The molecule has 0 atom stereocenters. The first-order valence-corrected chi connectivity index (χ1v) is 8.33. The maximum Gasteiger partial charge on any atom is 0.177 e. The number of anilines is 1. The van der Waals surface area contributed by atoms with Crippen molar-refractivity contribution in [1.29, 1.82) is 0 Å². The van der Waals surface area contributed by atoms with Crippen molar-refractivity contribution in [2.75, 3.05) is 25.0 Å². The van der Waals surface area contributed by atoms with Gasteiger partial charge in [0.2, 0.25) is 0 Å². The van der Waals surface area contributed by atoms with E-state index in [-0.39, 0.29) is 0 Å². The molecule has 1 saturated heterocycles. The number of rotatable bonds is 5. The molecule has 0 bridgehead atoms. The van der Waals surface area contributed by atoms with Gasteiger partial charge in [-0.25, -0.2) is 0 Å². The highest BCUT2D eigenvalue weighted by Gasteiger charge is 2.34. The molecule has 0 spiro atoms. The van der Waals surface area contributed by atoms with E-state index in [0.717, 1.165) is 36.9 Å². The van der Waals surface area contributed by atoms with Crippen LogP contribution in [0.4, 0.5) is 5.82 Å². The molecule has 1 saturated carbocycles. The van der Waals surface area contributed by atoms with Crippen LogP contribution in [0.15, 0.2) is 29.2 Å². The Hall–Kier alpha value is -2.48. The van der Waals surface area contributed by atoms with Crippen molar-refractivity contribution in [2.45, 2.75) is 31.3 Å². The fourth-order valence-electron chi connectivity index (χ4n) is 3.28. The highest BCUT2D eigenvalue weighted by Crippen LogP contribution is 2.42. The SMILES string of the molecule is CN(Cc1cnoc1C1CC1)C1CN(c2ccc3nncn3n2)C1. The van der Waals surface area contributed by atoms with E-state index in [9.17, 15) is 0 Å². The molecule has 3 aromatic heterocycles. The summed E-state index contributed by atoms with van der Waals surface area (Å²) in [5.74, 6) is 2.67. The molecule has 0 aromatic carbocycles. The van der Waals surface area contributed by atoms with Crippen LogP contribution in [-0.4, -0.2) is 56.0 Å². The zero-order valence-corrected chi connectivity index (χ0v) is 13.5. The first kappa shape index (κ1) is 13.9. The van der Waals surface area contributed by atoms with Crippen LogP contribution in [0.2, 0.25) is 0 Å². The fourth-order valence-corrected chi connectivity index (χ4v) is 3.28. The zero-order valence-electron chi connectivity index (χ0n) is 13.5. The molecule has 3 aromatic rings. The van der Waals surface area contributed by atoms with Crippen molar-refractivity contribution < 1.29 is 4.52 Å². The van der Waals surface area contributed by atoms with Crippen molar-refractivity contribution in [3.05, 3.63) is 36.0 Å². The molecule has 24 heavy (non-hydrogen) atoms. The maximum absolute atomic E-state index is 5.43. The summed E-state index contributed by atoms with van der Waals surface area (Å²) < 4.78 is 7.15. The van der Waals surface area contributed by atoms with Crippen molar-refractivity contribution in [2.24, 2.45) is 0 Å². The van der Waals surface area contributed by atoms with Gasteiger partial charge in [-0.1, -0.05) is 5.16 Å². The molecular weight excluding hydrogens is 306 g/mol. The highest BCUT2D eigenvalue weighted by molar-refractivity contribution is 5.47. The summed E-state index contributed by atoms with van der Waals surface area (Å²) in [5, 5.41) is 16.4. The third-order valence-corrected chi connectivity index (χ3v) is 5.00. The third kappa shape index (κ3) is 2.34. The van der Waals surface area contributed by atoms with Crippen LogP contribution in [0.5, 0.6) is 0 Å². The molecule has 0 amide bonds. The summed E-state index contributed by atoms with van der Waals surface area (Å²) >= 11 is 0. The van der Waals surface area contributed by atoms with E-state index in [1.807, 2.05) is 18.3 Å². The third-order valence-electron chi connectivity index (χ3n) is 5.00. The van der Waals surface area contributed by atoms with E-state index in [0.29, 0.717) is 12.0 Å². The standard InChI is InChI=1S/C16H19N7O/c1-21(7-12-6-18-24-16(12)11-2-3-11)13-8-22(9-13)15-5-4-14-19-17-10-23(14)20-15/h4-6,10-11,13H,2-3,7-9H2,1H3. The predicted molar refractivity (Wildman–Crippen MR) is 86.7 cm³/mol. The molecular formula is C16H19N7O. The summed E-state index contributed by atoms with van der Waals surface area (Å²) in [5.41, 5.74) is 2.01. The zero-order chi connectivity index (χ0) is 16.1. The van der Waals surface area contributed by atoms with Gasteiger partial charge in [0, 0.05) is 37.2 Å². The van der Waals surface area contributed by atoms with Crippen molar-refractivity contribution in [3.63, 3.8) is 0 Å². The van der Waals surface area contributed by atoms with E-state index in [4.69, 9.17) is 4.52 Å². The maximum atomic E-state index is 5.43. The number of nitrogens with zero attached hydrogens (tertiary/aromatic N) is 7. The number of hydrogen-bond donors (Lipinski definition) is 0. The molecule has 0 unspecified atom stereocenters. The molecule has 1 aliphatic carbocycles. The lowest BCUT2D eigenvalue weighted by Gasteiger charge is -2.44. The molecule has 4 heterocycles. The summed E-state index contributed by atoms with van der Waals surface area (Å²) in [6, 6.07) is 4.47. The monoisotopic (exact) mass is 325 g/mol. The Labute approximate surface area is 139 Å². The fraction of sp³-hybridized carbons (Fsp3) is 0.500. The molecule has 8 nitrogen and oxygen atoms in total. The molecule has 0 N–H and O–H groups in total. The number of hydrogen-bond acceptors (Lipinski definition) is 7. The van der Waals surface area contributed by atoms with Gasteiger partial charge in [-0.2, -0.15) is 4.52 Å². The van der Waals surface area contributed by atoms with Gasteiger partial charge in [-0.05, 0) is 32.0 Å². The molecule has 0 radical (unpaired) electrons. The predicted octanol–water partition coefficient (Wildman–Crippen LogP) is 1.31. The number of likely N-dealkylation sites (N-methyl/N-ethyl adjacent to an activating group) is 1. The lowest BCUT2D eigenvalue weighted by Crippen LogP contribution is -2.58. The Balaban J connectivity index is 1.23. The van der Waals surface area contributed by atoms with E-state index < -0.39 is 0 Å². The minimum absolute atomic E-state index is 0.519. The van der Waals surface area contributed by atoms with Gasteiger partial charge in [0.25, 0.3) is 0 Å². The Morgan fingerprint density at radius 2 is 2.17 bits per heavy atom. The second kappa shape index (κ2) is 5.27. The minimum atomic E-state index is 0.519. The molecule has 2 fully saturated rings. The first-order chi connectivity index (χ1) is 11.8. The molecule has 1 aliphatic heterocycles. The topological polar surface area (TPSA) is 75.6 Å². The van der Waals surface area contributed by atoms with Gasteiger partial charge in [0.05, 0.1) is 6.20 Å². The van der Waals surface area contributed by atoms with E-state index in [1.165, 1.54) is 18.4 Å². The van der Waals surface area contributed by atoms with Crippen LogP contribution in [-0.2, 0) is 6.54 Å². The van der Waals surface area contributed by atoms with Gasteiger partial charge in [0.15, 0.2) is 5.65 Å². The average molecular weight is 325 g/mol. The van der Waals surface area contributed by atoms with Gasteiger partial charge >= 0.3 is 0 Å². The number of fused-ring (bicyclic) bond motifs is 1. The summed E-state index contributed by atoms with van der Waals surface area (Å²) in [6.45, 7) is 2.84. The molecule has 124 valence electrons. The Bertz CT molecular complexity index is 862. The van der Waals surface area contributed by atoms with Crippen molar-refractivity contribution in [3.8, 4) is 0 Å². The second-order valence-electron chi connectivity index (χ2n) is 6.79. The Morgan fingerprint density at radius 1 is 1.29 bits per heavy atom. The molecule has 5 rings (SSSR count). The summed E-state index contributed by atoms with van der Waals surface area (Å²) in [4.78, 5) is 4.66. The van der Waals surface area contributed by atoms with E-state index in [1.54, 1.807) is 10.8 Å². The highest BCUT2D eigenvalue weighted by atomic mass is 16.5. The Kier molecular flexibility index (Phi) is 3.05. The van der Waals surface area contributed by atoms with Crippen LogP contribution in [0.3, 0.4) is 0 Å². The molecule has 2 aliphatic rings. The van der Waals surface area contributed by atoms with E-state index >= 15 is 0 Å². The van der Waals surface area contributed by atoms with Gasteiger partial charge in [-0.15, -0.1) is 15.3 Å². The van der Waals surface area contributed by atoms with Crippen LogP contribution in [0, 0.1) is 0 Å². The number of aromatic nitrogens is 5. The second-order valence-corrected chi connectivity index (χ2v) is 6.79. The average Bonchev–Trinajstić information content (AvgIpc) is 3.09. The molecule has 8 heteroatoms. The first-order valence-electron chi connectivity index (χ1n) is 8.33. The van der Waals surface area contributed by atoms with Crippen LogP contribution < -0.4 is 4.90 Å². The largest absolute Gasteiger partial charge is 0.361 e. The van der Waals surface area contributed by atoms with Gasteiger partial charge in [-0.3, -0.25) is 4.90 Å². The normalized spacial score (nSPS) is 18.5. The summed E-state index contributed by atoms with van der Waals surface area (Å²) in [6.07, 6.45) is 5.98. The van der Waals surface area contributed by atoms with Gasteiger partial charge in [0.1, 0.15) is 17.9 Å². The smallest absolute Gasteiger partial charge is 0.177 e. The van der Waals surface area contributed by atoms with Crippen LogP contribution in [0.25, 0.3) is 5.65 Å². The van der Waals surface area contributed by atoms with Crippen LogP contribution in [0.1, 0.15) is 30.1 Å². The van der Waals surface area contributed by atoms with E-state index in [2.05, 4.69) is 37.3 Å². The minimum Gasteiger partial charge on any atom is -0.361 e. The summed E-state index contributed by atoms with van der Waals surface area (Å²) in [7, 11) is 2.17. The Morgan fingerprint density at radius 3 is 3.00 bits per heavy atom. The van der Waals surface area contributed by atoms with Gasteiger partial charge < -0.3 is 9.42 Å².